The van der Waals surface area contributed by atoms with Crippen LogP contribution in [-0.2, 0) is 0 Å². The Hall–Kier alpha value is -0.150. The Morgan fingerprint density at radius 2 is 2.15 bits per heavy atom. The molecule has 0 radical (unpaired) electrons. The molecule has 0 atom stereocenters. The first-order chi connectivity index (χ1) is 6.22. The molecular weight excluding hydrogens is 180 g/mol. The van der Waals surface area contributed by atoms with Gasteiger partial charge in [0.1, 0.15) is 0 Å². The van der Waals surface area contributed by atoms with Gasteiger partial charge < -0.3 is 5.73 Å². The van der Waals surface area contributed by atoms with E-state index in [4.69, 9.17) is 5.73 Å². The standard InChI is InChI=1S/C10H20N2S/c1-9-3-5-12(6-4-9)7-10(11)8-13-2/h8-9H,3-7,11H2,1-2H3/b10-8-. The van der Waals surface area contributed by atoms with Crippen LogP contribution in [0.4, 0.5) is 0 Å². The van der Waals surface area contributed by atoms with E-state index < -0.39 is 0 Å². The molecule has 0 aliphatic carbocycles. The monoisotopic (exact) mass is 200 g/mol. The molecule has 1 fully saturated rings. The second kappa shape index (κ2) is 5.55. The lowest BCUT2D eigenvalue weighted by atomic mass is 9.99. The Bertz CT molecular complexity index is 172. The lowest BCUT2D eigenvalue weighted by Gasteiger charge is -2.30. The number of thioether (sulfide) groups is 1. The van der Waals surface area contributed by atoms with Gasteiger partial charge in [-0.25, -0.2) is 0 Å². The molecule has 0 amide bonds. The molecule has 1 rings (SSSR count). The van der Waals surface area contributed by atoms with Crippen molar-refractivity contribution in [2.75, 3.05) is 25.9 Å². The van der Waals surface area contributed by atoms with Gasteiger partial charge in [0.25, 0.3) is 0 Å². The topological polar surface area (TPSA) is 29.3 Å². The van der Waals surface area contributed by atoms with Crippen molar-refractivity contribution in [2.45, 2.75) is 19.8 Å². The highest BCUT2D eigenvalue weighted by Gasteiger charge is 2.15. The van der Waals surface area contributed by atoms with Gasteiger partial charge in [-0.3, -0.25) is 4.90 Å². The average Bonchev–Trinajstić information content (AvgIpc) is 2.09. The van der Waals surface area contributed by atoms with Crippen LogP contribution in [-0.4, -0.2) is 30.8 Å². The van der Waals surface area contributed by atoms with E-state index in [9.17, 15) is 0 Å². The van der Waals surface area contributed by atoms with E-state index in [-0.39, 0.29) is 0 Å². The first-order valence-electron chi connectivity index (χ1n) is 4.92. The third kappa shape index (κ3) is 4.05. The number of hydrogen-bond donors (Lipinski definition) is 1. The van der Waals surface area contributed by atoms with Crippen molar-refractivity contribution < 1.29 is 0 Å². The molecule has 1 heterocycles. The molecule has 3 heteroatoms. The number of rotatable bonds is 3. The fourth-order valence-corrected chi connectivity index (χ4v) is 2.04. The largest absolute Gasteiger partial charge is 0.401 e. The SMILES string of the molecule is CS/C=C(\N)CN1CCC(C)CC1. The summed E-state index contributed by atoms with van der Waals surface area (Å²) in [6, 6.07) is 0. The summed E-state index contributed by atoms with van der Waals surface area (Å²) >= 11 is 1.69. The number of piperidine rings is 1. The number of likely N-dealkylation sites (tertiary alicyclic amines) is 1. The fourth-order valence-electron chi connectivity index (χ4n) is 1.67. The molecule has 76 valence electrons. The van der Waals surface area contributed by atoms with Gasteiger partial charge in [-0.15, -0.1) is 11.8 Å². The van der Waals surface area contributed by atoms with Crippen LogP contribution in [0.3, 0.4) is 0 Å². The third-order valence-electron chi connectivity index (χ3n) is 2.55. The van der Waals surface area contributed by atoms with Crippen molar-refractivity contribution in [2.24, 2.45) is 11.7 Å². The van der Waals surface area contributed by atoms with Crippen LogP contribution in [0.25, 0.3) is 0 Å². The van der Waals surface area contributed by atoms with Crippen molar-refractivity contribution in [1.82, 2.24) is 4.90 Å². The van der Waals surface area contributed by atoms with Crippen LogP contribution in [0.1, 0.15) is 19.8 Å². The van der Waals surface area contributed by atoms with Crippen molar-refractivity contribution in [3.8, 4) is 0 Å². The van der Waals surface area contributed by atoms with Gasteiger partial charge >= 0.3 is 0 Å². The number of nitrogens with zero attached hydrogens (tertiary/aromatic N) is 1. The summed E-state index contributed by atoms with van der Waals surface area (Å²) in [4.78, 5) is 2.45. The smallest absolute Gasteiger partial charge is 0.0384 e. The molecular formula is C10H20N2S. The molecule has 0 unspecified atom stereocenters. The minimum absolute atomic E-state index is 0.905. The molecule has 13 heavy (non-hydrogen) atoms. The maximum absolute atomic E-state index is 5.85. The lowest BCUT2D eigenvalue weighted by Crippen LogP contribution is -2.35. The van der Waals surface area contributed by atoms with Gasteiger partial charge in [-0.1, -0.05) is 6.92 Å². The molecule has 0 aromatic rings. The van der Waals surface area contributed by atoms with E-state index in [1.807, 2.05) is 11.7 Å². The summed E-state index contributed by atoms with van der Waals surface area (Å²) < 4.78 is 0. The van der Waals surface area contributed by atoms with Crippen LogP contribution in [0.5, 0.6) is 0 Å². The first kappa shape index (κ1) is 10.9. The Morgan fingerprint density at radius 3 is 2.69 bits per heavy atom. The predicted molar refractivity (Wildman–Crippen MR) is 60.6 cm³/mol. The van der Waals surface area contributed by atoms with Crippen molar-refractivity contribution >= 4 is 11.8 Å². The molecule has 0 saturated carbocycles. The van der Waals surface area contributed by atoms with Crippen molar-refractivity contribution in [3.63, 3.8) is 0 Å². The van der Waals surface area contributed by atoms with Crippen LogP contribution in [0.15, 0.2) is 11.1 Å². The van der Waals surface area contributed by atoms with E-state index in [2.05, 4.69) is 11.8 Å². The molecule has 0 spiro atoms. The fraction of sp³-hybridized carbons (Fsp3) is 0.800. The lowest BCUT2D eigenvalue weighted by molar-refractivity contribution is 0.206. The molecule has 1 saturated heterocycles. The maximum Gasteiger partial charge on any atom is 0.0384 e. The van der Waals surface area contributed by atoms with Gasteiger partial charge in [0.15, 0.2) is 0 Å². The van der Waals surface area contributed by atoms with E-state index in [0.29, 0.717) is 0 Å². The summed E-state index contributed by atoms with van der Waals surface area (Å²) in [6.07, 6.45) is 4.70. The quantitative estimate of drug-likeness (QED) is 0.754. The average molecular weight is 200 g/mol. The molecule has 0 aromatic carbocycles. The molecule has 1 aliphatic rings. The highest BCUT2D eigenvalue weighted by molar-refractivity contribution is 8.01. The summed E-state index contributed by atoms with van der Waals surface area (Å²) in [5.74, 6) is 0.905. The Morgan fingerprint density at radius 1 is 1.54 bits per heavy atom. The van der Waals surface area contributed by atoms with E-state index in [0.717, 1.165) is 18.2 Å². The summed E-state index contributed by atoms with van der Waals surface area (Å²) in [7, 11) is 0. The molecule has 2 nitrogen and oxygen atoms in total. The van der Waals surface area contributed by atoms with Crippen LogP contribution >= 0.6 is 11.8 Å². The molecule has 2 N–H and O–H groups in total. The first-order valence-corrected chi connectivity index (χ1v) is 6.21. The van der Waals surface area contributed by atoms with E-state index in [1.165, 1.54) is 25.9 Å². The maximum atomic E-state index is 5.85. The van der Waals surface area contributed by atoms with E-state index >= 15 is 0 Å². The van der Waals surface area contributed by atoms with Crippen molar-refractivity contribution in [1.29, 1.82) is 0 Å². The normalized spacial score (nSPS) is 22.2. The van der Waals surface area contributed by atoms with Crippen LogP contribution in [0, 0.1) is 5.92 Å². The second-order valence-electron chi connectivity index (χ2n) is 3.89. The Balaban J connectivity index is 2.26. The highest BCUT2D eigenvalue weighted by atomic mass is 32.2. The zero-order chi connectivity index (χ0) is 9.68. The summed E-state index contributed by atoms with van der Waals surface area (Å²) in [5.41, 5.74) is 6.85. The second-order valence-corrected chi connectivity index (χ2v) is 4.59. The molecule has 0 bridgehead atoms. The third-order valence-corrected chi connectivity index (χ3v) is 3.09. The zero-order valence-electron chi connectivity index (χ0n) is 8.62. The Kier molecular flexibility index (Phi) is 4.67. The minimum atomic E-state index is 0.905. The highest BCUT2D eigenvalue weighted by Crippen LogP contribution is 2.16. The number of nitrogens with two attached hydrogens (primary N) is 1. The zero-order valence-corrected chi connectivity index (χ0v) is 9.44. The summed E-state index contributed by atoms with van der Waals surface area (Å²) in [5, 5.41) is 2.04. The van der Waals surface area contributed by atoms with Gasteiger partial charge in [0.05, 0.1) is 0 Å². The van der Waals surface area contributed by atoms with Crippen LogP contribution in [0.2, 0.25) is 0 Å². The van der Waals surface area contributed by atoms with Gasteiger partial charge in [0.2, 0.25) is 0 Å². The molecule has 1 aliphatic heterocycles. The Labute approximate surface area is 85.6 Å². The van der Waals surface area contributed by atoms with Gasteiger partial charge in [-0.2, -0.15) is 0 Å². The van der Waals surface area contributed by atoms with Gasteiger partial charge in [-0.05, 0) is 43.5 Å². The van der Waals surface area contributed by atoms with Crippen molar-refractivity contribution in [3.05, 3.63) is 11.1 Å². The number of hydrogen-bond acceptors (Lipinski definition) is 3. The summed E-state index contributed by atoms with van der Waals surface area (Å²) in [6.45, 7) is 5.71. The van der Waals surface area contributed by atoms with Gasteiger partial charge in [0, 0.05) is 12.2 Å². The predicted octanol–water partition coefficient (Wildman–Crippen LogP) is 1.88. The van der Waals surface area contributed by atoms with E-state index in [1.54, 1.807) is 11.8 Å². The molecule has 0 aromatic heterocycles. The minimum Gasteiger partial charge on any atom is -0.401 e. The van der Waals surface area contributed by atoms with Crippen LogP contribution < -0.4 is 5.73 Å².